The van der Waals surface area contributed by atoms with E-state index in [4.69, 9.17) is 5.73 Å². The van der Waals surface area contributed by atoms with Crippen LogP contribution in [0.3, 0.4) is 0 Å². The van der Waals surface area contributed by atoms with Crippen molar-refractivity contribution in [3.63, 3.8) is 0 Å². The molecule has 0 aliphatic rings. The van der Waals surface area contributed by atoms with Gasteiger partial charge in [-0.15, -0.1) is 11.3 Å². The molecule has 0 saturated carbocycles. The van der Waals surface area contributed by atoms with E-state index in [2.05, 4.69) is 9.71 Å². The molecule has 0 bridgehead atoms. The van der Waals surface area contributed by atoms with Crippen LogP contribution >= 0.6 is 11.3 Å². The van der Waals surface area contributed by atoms with Crippen molar-refractivity contribution in [1.82, 2.24) is 9.71 Å². The summed E-state index contributed by atoms with van der Waals surface area (Å²) < 4.78 is 39.8. The number of nitrogens with one attached hydrogen (secondary N) is 1. The minimum atomic E-state index is -3.90. The van der Waals surface area contributed by atoms with Crippen LogP contribution in [-0.2, 0) is 16.6 Å². The summed E-state index contributed by atoms with van der Waals surface area (Å²) in [7, 11) is -3.90. The molecule has 1 aromatic carbocycles. The van der Waals surface area contributed by atoms with Crippen molar-refractivity contribution in [3.8, 4) is 0 Å². The summed E-state index contributed by atoms with van der Waals surface area (Å²) in [6.45, 7) is 1.90. The van der Waals surface area contributed by atoms with Gasteiger partial charge >= 0.3 is 0 Å². The number of thiazole rings is 1. The molecule has 0 amide bonds. The molecule has 3 N–H and O–H groups in total. The van der Waals surface area contributed by atoms with E-state index in [1.807, 2.05) is 6.92 Å². The molecule has 102 valence electrons. The maximum Gasteiger partial charge on any atom is 0.243 e. The molecule has 0 radical (unpaired) electrons. The Morgan fingerprint density at radius 3 is 2.79 bits per heavy atom. The third-order valence-electron chi connectivity index (χ3n) is 2.35. The van der Waals surface area contributed by atoms with Crippen molar-refractivity contribution in [2.45, 2.75) is 18.4 Å². The number of sulfonamides is 1. The maximum absolute atomic E-state index is 13.6. The topological polar surface area (TPSA) is 85.1 Å². The first kappa shape index (κ1) is 13.9. The summed E-state index contributed by atoms with van der Waals surface area (Å²) >= 11 is 1.38. The Bertz CT molecular complexity index is 698. The van der Waals surface area contributed by atoms with E-state index in [9.17, 15) is 12.8 Å². The van der Waals surface area contributed by atoms with E-state index in [-0.39, 0.29) is 12.2 Å². The molecule has 0 spiro atoms. The standard InChI is InChI=1S/C11H12FN3O2S2/c1-7-14-5-9(18-7)6-15-19(16,17)11-3-2-8(13)4-10(11)12/h2-5,15H,6,13H2,1H3. The third-order valence-corrected chi connectivity index (χ3v) is 4.70. The van der Waals surface area contributed by atoms with Gasteiger partial charge in [0.25, 0.3) is 0 Å². The molecule has 0 aliphatic heterocycles. The lowest BCUT2D eigenvalue weighted by Crippen LogP contribution is -2.23. The van der Waals surface area contributed by atoms with Crippen molar-refractivity contribution in [2.24, 2.45) is 0 Å². The largest absolute Gasteiger partial charge is 0.399 e. The fraction of sp³-hybridized carbons (Fsp3) is 0.182. The predicted octanol–water partition coefficient (Wildman–Crippen LogP) is 1.65. The molecule has 8 heteroatoms. The van der Waals surface area contributed by atoms with Crippen molar-refractivity contribution in [3.05, 3.63) is 40.1 Å². The Morgan fingerprint density at radius 1 is 1.47 bits per heavy atom. The summed E-state index contributed by atoms with van der Waals surface area (Å²) in [6, 6.07) is 3.46. The van der Waals surface area contributed by atoms with Crippen molar-refractivity contribution >= 4 is 27.0 Å². The Morgan fingerprint density at radius 2 is 2.21 bits per heavy atom. The van der Waals surface area contributed by atoms with Gasteiger partial charge in [0.2, 0.25) is 10.0 Å². The second kappa shape index (κ2) is 5.24. The number of aryl methyl sites for hydroxylation is 1. The van der Waals surface area contributed by atoms with E-state index in [0.29, 0.717) is 0 Å². The minimum absolute atomic E-state index is 0.0810. The summed E-state index contributed by atoms with van der Waals surface area (Å²) in [4.78, 5) is 4.36. The van der Waals surface area contributed by atoms with Crippen molar-refractivity contribution in [2.75, 3.05) is 5.73 Å². The zero-order chi connectivity index (χ0) is 14.0. The van der Waals surface area contributed by atoms with Crippen LogP contribution in [0.4, 0.5) is 10.1 Å². The minimum Gasteiger partial charge on any atom is -0.399 e. The van der Waals surface area contributed by atoms with E-state index >= 15 is 0 Å². The lowest BCUT2D eigenvalue weighted by atomic mass is 10.3. The van der Waals surface area contributed by atoms with Crippen LogP contribution in [0.15, 0.2) is 29.3 Å². The summed E-state index contributed by atoms with van der Waals surface area (Å²) in [5, 5.41) is 0.841. The van der Waals surface area contributed by atoms with Crippen LogP contribution in [-0.4, -0.2) is 13.4 Å². The number of benzene rings is 1. The molecule has 5 nitrogen and oxygen atoms in total. The molecule has 0 aliphatic carbocycles. The van der Waals surface area contributed by atoms with Gasteiger partial charge in [-0.1, -0.05) is 0 Å². The van der Waals surface area contributed by atoms with Crippen LogP contribution < -0.4 is 10.5 Å². The number of halogens is 1. The average molecular weight is 301 g/mol. The van der Waals surface area contributed by atoms with Crippen LogP contribution in [0.25, 0.3) is 0 Å². The fourth-order valence-corrected chi connectivity index (χ4v) is 3.36. The second-order valence-electron chi connectivity index (χ2n) is 3.86. The fourth-order valence-electron chi connectivity index (χ4n) is 1.47. The first-order valence-corrected chi connectivity index (χ1v) is 7.64. The van der Waals surface area contributed by atoms with E-state index in [0.717, 1.165) is 22.0 Å². The Labute approximate surface area is 114 Å². The highest BCUT2D eigenvalue weighted by Crippen LogP contribution is 2.18. The van der Waals surface area contributed by atoms with Gasteiger partial charge in [0.15, 0.2) is 0 Å². The number of anilines is 1. The molecule has 0 atom stereocenters. The molecule has 19 heavy (non-hydrogen) atoms. The number of nitrogen functional groups attached to an aromatic ring is 1. The van der Waals surface area contributed by atoms with Crippen LogP contribution in [0.5, 0.6) is 0 Å². The molecule has 0 unspecified atom stereocenters. The zero-order valence-electron chi connectivity index (χ0n) is 10.1. The number of nitrogens with zero attached hydrogens (tertiary/aromatic N) is 1. The lowest BCUT2D eigenvalue weighted by molar-refractivity contribution is 0.557. The number of aromatic nitrogens is 1. The van der Waals surface area contributed by atoms with E-state index in [1.54, 1.807) is 6.20 Å². The zero-order valence-corrected chi connectivity index (χ0v) is 11.7. The molecular formula is C11H12FN3O2S2. The second-order valence-corrected chi connectivity index (χ2v) is 6.91. The smallest absolute Gasteiger partial charge is 0.243 e. The van der Waals surface area contributed by atoms with Crippen LogP contribution in [0.1, 0.15) is 9.88 Å². The van der Waals surface area contributed by atoms with Gasteiger partial charge in [-0.2, -0.15) is 0 Å². The monoisotopic (exact) mass is 301 g/mol. The Balaban J connectivity index is 2.18. The van der Waals surface area contributed by atoms with Gasteiger partial charge < -0.3 is 5.73 Å². The molecule has 2 rings (SSSR count). The summed E-state index contributed by atoms with van der Waals surface area (Å²) in [5.41, 5.74) is 5.55. The lowest BCUT2D eigenvalue weighted by Gasteiger charge is -2.07. The van der Waals surface area contributed by atoms with Gasteiger partial charge in [-0.25, -0.2) is 22.5 Å². The normalized spacial score (nSPS) is 11.7. The Hall–Kier alpha value is -1.51. The molecule has 0 saturated heterocycles. The highest BCUT2D eigenvalue weighted by Gasteiger charge is 2.19. The highest BCUT2D eigenvalue weighted by molar-refractivity contribution is 7.89. The molecule has 1 heterocycles. The quantitative estimate of drug-likeness (QED) is 0.841. The van der Waals surface area contributed by atoms with E-state index < -0.39 is 20.7 Å². The van der Waals surface area contributed by atoms with Crippen LogP contribution in [0.2, 0.25) is 0 Å². The van der Waals surface area contributed by atoms with Crippen LogP contribution in [0, 0.1) is 12.7 Å². The first-order valence-electron chi connectivity index (χ1n) is 5.34. The van der Waals surface area contributed by atoms with Crippen molar-refractivity contribution < 1.29 is 12.8 Å². The molecule has 1 aromatic heterocycles. The van der Waals surface area contributed by atoms with Gasteiger partial charge in [-0.3, -0.25) is 0 Å². The predicted molar refractivity (Wildman–Crippen MR) is 71.7 cm³/mol. The van der Waals surface area contributed by atoms with Gasteiger partial charge in [0.1, 0.15) is 10.7 Å². The van der Waals surface area contributed by atoms with Gasteiger partial charge in [0, 0.05) is 23.3 Å². The van der Waals surface area contributed by atoms with Crippen molar-refractivity contribution in [1.29, 1.82) is 0 Å². The number of nitrogens with two attached hydrogens (primary N) is 1. The number of hydrogen-bond donors (Lipinski definition) is 2. The SMILES string of the molecule is Cc1ncc(CNS(=O)(=O)c2ccc(N)cc2F)s1. The molecular weight excluding hydrogens is 289 g/mol. The number of hydrogen-bond acceptors (Lipinski definition) is 5. The summed E-state index contributed by atoms with van der Waals surface area (Å²) in [6.07, 6.45) is 1.59. The maximum atomic E-state index is 13.6. The molecule has 2 aromatic rings. The highest BCUT2D eigenvalue weighted by atomic mass is 32.2. The van der Waals surface area contributed by atoms with Gasteiger partial charge in [0.05, 0.1) is 5.01 Å². The first-order chi connectivity index (χ1) is 8.88. The summed E-state index contributed by atoms with van der Waals surface area (Å²) in [5.74, 6) is -0.868. The van der Waals surface area contributed by atoms with E-state index in [1.165, 1.54) is 17.4 Å². The third kappa shape index (κ3) is 3.28. The average Bonchev–Trinajstić information content (AvgIpc) is 2.72. The molecule has 0 fully saturated rings. The van der Waals surface area contributed by atoms with Gasteiger partial charge in [-0.05, 0) is 25.1 Å². The Kier molecular flexibility index (Phi) is 3.83. The number of rotatable bonds is 4.